The van der Waals surface area contributed by atoms with Crippen LogP contribution in [0.1, 0.15) is 16.1 Å². The summed E-state index contributed by atoms with van der Waals surface area (Å²) in [5, 5.41) is 3.96. The van der Waals surface area contributed by atoms with Crippen molar-refractivity contribution in [3.63, 3.8) is 0 Å². The molecule has 0 atom stereocenters. The smallest absolute Gasteiger partial charge is 0.253 e. The second-order valence-corrected chi connectivity index (χ2v) is 3.78. The number of carbonyl (C=O) groups is 1. The van der Waals surface area contributed by atoms with Gasteiger partial charge in [0.2, 0.25) is 0 Å². The van der Waals surface area contributed by atoms with Crippen LogP contribution in [-0.4, -0.2) is 15.7 Å². The summed E-state index contributed by atoms with van der Waals surface area (Å²) in [5.41, 5.74) is 6.61. The van der Waals surface area contributed by atoms with Crippen molar-refractivity contribution in [1.29, 1.82) is 0 Å². The number of nitrogens with zero attached hydrogens (tertiary/aromatic N) is 2. The molecule has 88 valence electrons. The molecule has 0 amide bonds. The van der Waals surface area contributed by atoms with E-state index in [4.69, 9.17) is 5.73 Å². The lowest BCUT2D eigenvalue weighted by Gasteiger charge is -2.03. The van der Waals surface area contributed by atoms with Crippen molar-refractivity contribution < 1.29 is 9.18 Å². The van der Waals surface area contributed by atoms with Crippen LogP contribution in [0.25, 0.3) is 0 Å². The second-order valence-electron chi connectivity index (χ2n) is 3.78. The number of rotatable bonds is 2. The van der Waals surface area contributed by atoms with E-state index in [9.17, 15) is 9.18 Å². The zero-order valence-electron chi connectivity index (χ0n) is 9.35. The number of hydrogen-bond donors (Lipinski definition) is 1. The Bertz CT molecular complexity index is 563. The maximum atomic E-state index is 13.4. The quantitative estimate of drug-likeness (QED) is 0.860. The Labute approximate surface area is 97.9 Å². The molecule has 0 bridgehead atoms. The van der Waals surface area contributed by atoms with Crippen molar-refractivity contribution in [2.75, 3.05) is 5.73 Å². The van der Waals surface area contributed by atoms with Gasteiger partial charge in [-0.05, 0) is 18.6 Å². The van der Waals surface area contributed by atoms with E-state index in [2.05, 4.69) is 5.10 Å². The number of halogens is 1. The predicted molar refractivity (Wildman–Crippen MR) is 62.1 cm³/mol. The zero-order valence-corrected chi connectivity index (χ0v) is 9.35. The van der Waals surface area contributed by atoms with E-state index in [1.807, 2.05) is 0 Å². The lowest BCUT2D eigenvalue weighted by Crippen LogP contribution is -2.17. The van der Waals surface area contributed by atoms with Gasteiger partial charge in [0, 0.05) is 6.07 Å². The van der Waals surface area contributed by atoms with Gasteiger partial charge in [0.15, 0.2) is 0 Å². The van der Waals surface area contributed by atoms with E-state index < -0.39 is 5.82 Å². The molecule has 1 heterocycles. The molecule has 1 aromatic heterocycles. The van der Waals surface area contributed by atoms with E-state index in [-0.39, 0.29) is 18.1 Å². The average Bonchev–Trinajstić information content (AvgIpc) is 2.61. The highest BCUT2D eigenvalue weighted by Crippen LogP contribution is 2.11. The lowest BCUT2D eigenvalue weighted by atomic mass is 10.1. The zero-order chi connectivity index (χ0) is 12.4. The number of hydrogen-bond acceptors (Lipinski definition) is 3. The fourth-order valence-corrected chi connectivity index (χ4v) is 1.60. The van der Waals surface area contributed by atoms with E-state index in [0.29, 0.717) is 11.3 Å². The third kappa shape index (κ3) is 2.33. The minimum absolute atomic E-state index is 0.0575. The minimum atomic E-state index is -0.400. The molecule has 0 fully saturated rings. The first-order valence-corrected chi connectivity index (χ1v) is 5.16. The van der Waals surface area contributed by atoms with Crippen molar-refractivity contribution in [3.05, 3.63) is 47.4 Å². The van der Waals surface area contributed by atoms with Crippen molar-refractivity contribution >= 4 is 11.7 Å². The van der Waals surface area contributed by atoms with Crippen LogP contribution in [0.4, 0.5) is 10.2 Å². The van der Waals surface area contributed by atoms with E-state index in [0.717, 1.165) is 4.68 Å². The van der Waals surface area contributed by atoms with Crippen molar-refractivity contribution in [3.8, 4) is 0 Å². The number of carbonyl (C=O) groups excluding carboxylic acids is 1. The third-order valence-corrected chi connectivity index (χ3v) is 2.39. The largest absolute Gasteiger partial charge is 0.383 e. The van der Waals surface area contributed by atoms with E-state index >= 15 is 0 Å². The number of aromatic nitrogens is 2. The lowest BCUT2D eigenvalue weighted by molar-refractivity contribution is 0.0900. The normalized spacial score (nSPS) is 10.5. The molecule has 4 nitrogen and oxygen atoms in total. The van der Waals surface area contributed by atoms with Gasteiger partial charge < -0.3 is 5.73 Å². The summed E-state index contributed by atoms with van der Waals surface area (Å²) in [5.74, 6) is -0.479. The minimum Gasteiger partial charge on any atom is -0.383 e. The van der Waals surface area contributed by atoms with Crippen LogP contribution in [0.5, 0.6) is 0 Å². The summed E-state index contributed by atoms with van der Waals surface area (Å²) in [7, 11) is 0. The standard InChI is InChI=1S/C12H12FN3O/c1-8-6-11(14)16(15-8)12(17)7-9-4-2-3-5-10(9)13/h2-6H,7,14H2,1H3. The van der Waals surface area contributed by atoms with Crippen LogP contribution in [0.3, 0.4) is 0 Å². The van der Waals surface area contributed by atoms with Crippen LogP contribution >= 0.6 is 0 Å². The summed E-state index contributed by atoms with van der Waals surface area (Å²) in [6, 6.07) is 7.75. The molecule has 0 aliphatic carbocycles. The van der Waals surface area contributed by atoms with Gasteiger partial charge in [-0.2, -0.15) is 9.78 Å². The highest BCUT2D eigenvalue weighted by Gasteiger charge is 2.13. The Morgan fingerprint density at radius 1 is 1.47 bits per heavy atom. The van der Waals surface area contributed by atoms with E-state index in [1.54, 1.807) is 31.2 Å². The van der Waals surface area contributed by atoms with Crippen molar-refractivity contribution in [1.82, 2.24) is 9.78 Å². The Kier molecular flexibility index (Phi) is 2.91. The molecule has 0 aliphatic rings. The first-order valence-electron chi connectivity index (χ1n) is 5.16. The fraction of sp³-hybridized carbons (Fsp3) is 0.167. The number of nitrogens with two attached hydrogens (primary N) is 1. The van der Waals surface area contributed by atoms with Gasteiger partial charge in [-0.1, -0.05) is 18.2 Å². The maximum absolute atomic E-state index is 13.4. The first kappa shape index (κ1) is 11.3. The molecular weight excluding hydrogens is 221 g/mol. The van der Waals surface area contributed by atoms with Gasteiger partial charge in [0.1, 0.15) is 11.6 Å². The summed E-state index contributed by atoms with van der Waals surface area (Å²) >= 11 is 0. The van der Waals surface area contributed by atoms with Gasteiger partial charge in [-0.3, -0.25) is 4.79 Å². The predicted octanol–water partition coefficient (Wildman–Crippen LogP) is 1.80. The first-order chi connectivity index (χ1) is 8.08. The number of anilines is 1. The Morgan fingerprint density at radius 2 is 2.18 bits per heavy atom. The highest BCUT2D eigenvalue weighted by molar-refractivity contribution is 5.83. The van der Waals surface area contributed by atoms with Crippen LogP contribution in [0, 0.1) is 12.7 Å². The van der Waals surface area contributed by atoms with E-state index in [1.165, 1.54) is 6.07 Å². The SMILES string of the molecule is Cc1cc(N)n(C(=O)Cc2ccccc2F)n1. The van der Waals surface area contributed by atoms with Crippen LogP contribution in [0.15, 0.2) is 30.3 Å². The fourth-order valence-electron chi connectivity index (χ4n) is 1.60. The molecule has 0 spiro atoms. The molecule has 0 aliphatic heterocycles. The van der Waals surface area contributed by atoms with Crippen LogP contribution in [-0.2, 0) is 6.42 Å². The Balaban J connectivity index is 2.23. The van der Waals surface area contributed by atoms with Crippen molar-refractivity contribution in [2.45, 2.75) is 13.3 Å². The molecule has 2 N–H and O–H groups in total. The maximum Gasteiger partial charge on any atom is 0.253 e. The Morgan fingerprint density at radius 3 is 2.76 bits per heavy atom. The Hall–Kier alpha value is -2.17. The third-order valence-electron chi connectivity index (χ3n) is 2.39. The average molecular weight is 233 g/mol. The monoisotopic (exact) mass is 233 g/mol. The molecule has 0 unspecified atom stereocenters. The summed E-state index contributed by atoms with van der Waals surface area (Å²) < 4.78 is 14.5. The number of nitrogen functional groups attached to an aromatic ring is 1. The topological polar surface area (TPSA) is 60.9 Å². The molecule has 2 rings (SSSR count). The van der Waals surface area contributed by atoms with Gasteiger partial charge >= 0.3 is 0 Å². The van der Waals surface area contributed by atoms with Gasteiger partial charge in [0.25, 0.3) is 5.91 Å². The summed E-state index contributed by atoms with van der Waals surface area (Å²) in [6.07, 6.45) is -0.0575. The van der Waals surface area contributed by atoms with Crippen molar-refractivity contribution in [2.24, 2.45) is 0 Å². The van der Waals surface area contributed by atoms with Crippen LogP contribution in [0.2, 0.25) is 0 Å². The molecule has 2 aromatic rings. The second kappa shape index (κ2) is 4.37. The molecular formula is C12H12FN3O. The van der Waals surface area contributed by atoms with Gasteiger partial charge in [-0.15, -0.1) is 0 Å². The molecule has 1 aromatic carbocycles. The summed E-state index contributed by atoms with van der Waals surface area (Å²) in [4.78, 5) is 11.9. The molecule has 0 saturated heterocycles. The molecule has 0 saturated carbocycles. The molecule has 5 heteroatoms. The highest BCUT2D eigenvalue weighted by atomic mass is 19.1. The number of aryl methyl sites for hydroxylation is 1. The van der Waals surface area contributed by atoms with Gasteiger partial charge in [0.05, 0.1) is 12.1 Å². The van der Waals surface area contributed by atoms with Crippen LogP contribution < -0.4 is 5.73 Å². The molecule has 0 radical (unpaired) electrons. The summed E-state index contributed by atoms with van der Waals surface area (Å²) in [6.45, 7) is 1.74. The number of benzene rings is 1. The molecule has 17 heavy (non-hydrogen) atoms. The van der Waals surface area contributed by atoms with Gasteiger partial charge in [-0.25, -0.2) is 4.39 Å².